The molecule has 17 heavy (non-hydrogen) atoms. The third-order valence-electron chi connectivity index (χ3n) is 3.47. The molecule has 0 unspecified atom stereocenters. The van der Waals surface area contributed by atoms with Gasteiger partial charge in [0, 0.05) is 6.04 Å². The van der Waals surface area contributed by atoms with Gasteiger partial charge < -0.3 is 5.32 Å². The number of amides is 1. The van der Waals surface area contributed by atoms with Crippen LogP contribution in [0.2, 0.25) is 0 Å². The average molecular weight is 251 g/mol. The van der Waals surface area contributed by atoms with Crippen LogP contribution in [0.5, 0.6) is 0 Å². The summed E-state index contributed by atoms with van der Waals surface area (Å²) in [5.41, 5.74) is 0.352. The smallest absolute Gasteiger partial charge is 0.261 e. The summed E-state index contributed by atoms with van der Waals surface area (Å²) in [6.07, 6.45) is 3.47. The molecular weight excluding hydrogens is 230 g/mol. The van der Waals surface area contributed by atoms with E-state index >= 15 is 0 Å². The van der Waals surface area contributed by atoms with E-state index in [1.54, 1.807) is 0 Å². The second kappa shape index (κ2) is 4.81. The molecule has 1 aromatic heterocycles. The van der Waals surface area contributed by atoms with Crippen molar-refractivity contribution in [3.63, 3.8) is 0 Å². The van der Waals surface area contributed by atoms with Gasteiger partial charge in [0.15, 0.2) is 0 Å². The summed E-state index contributed by atoms with van der Waals surface area (Å²) in [6, 6.07) is 4.15. The molecule has 1 saturated carbocycles. The largest absolute Gasteiger partial charge is 0.349 e. The lowest BCUT2D eigenvalue weighted by Crippen LogP contribution is -2.42. The lowest BCUT2D eigenvalue weighted by atomic mass is 9.70. The number of rotatable bonds is 2. The van der Waals surface area contributed by atoms with E-state index in [0.29, 0.717) is 17.4 Å². The normalized spacial score (nSPS) is 27.7. The summed E-state index contributed by atoms with van der Waals surface area (Å²) in [5.74, 6) is 0.794. The van der Waals surface area contributed by atoms with E-state index < -0.39 is 0 Å². The molecule has 1 aliphatic carbocycles. The molecular formula is C14H21NOS. The molecule has 1 amide bonds. The monoisotopic (exact) mass is 251 g/mol. The number of nitrogens with one attached hydrogen (secondary N) is 1. The molecule has 1 aromatic rings. The molecule has 0 saturated heterocycles. The van der Waals surface area contributed by atoms with E-state index in [0.717, 1.165) is 17.7 Å². The van der Waals surface area contributed by atoms with Gasteiger partial charge in [0.2, 0.25) is 0 Å². The van der Waals surface area contributed by atoms with Gasteiger partial charge in [0.1, 0.15) is 0 Å². The fourth-order valence-electron chi connectivity index (χ4n) is 3.12. The van der Waals surface area contributed by atoms with Crippen molar-refractivity contribution in [2.75, 3.05) is 0 Å². The highest BCUT2D eigenvalue weighted by Gasteiger charge is 2.32. The predicted octanol–water partition coefficient (Wildman–Crippen LogP) is 3.69. The lowest BCUT2D eigenvalue weighted by Gasteiger charge is -2.39. The SMILES string of the molecule is C[C@H]1C[C@@H](NC(=O)c2cccs2)CC(C)(C)C1. The first-order valence-corrected chi connectivity index (χ1v) is 7.19. The zero-order valence-corrected chi connectivity index (χ0v) is 11.6. The Labute approximate surface area is 107 Å². The van der Waals surface area contributed by atoms with Gasteiger partial charge in [-0.3, -0.25) is 4.79 Å². The maximum Gasteiger partial charge on any atom is 0.261 e. The average Bonchev–Trinajstić information content (AvgIpc) is 2.65. The summed E-state index contributed by atoms with van der Waals surface area (Å²) in [4.78, 5) is 12.8. The van der Waals surface area contributed by atoms with Crippen LogP contribution in [-0.2, 0) is 0 Å². The third-order valence-corrected chi connectivity index (χ3v) is 4.34. The van der Waals surface area contributed by atoms with Crippen molar-refractivity contribution < 1.29 is 4.79 Å². The topological polar surface area (TPSA) is 29.1 Å². The summed E-state index contributed by atoms with van der Waals surface area (Å²) < 4.78 is 0. The van der Waals surface area contributed by atoms with Gasteiger partial charge in [0.25, 0.3) is 5.91 Å². The van der Waals surface area contributed by atoms with E-state index in [9.17, 15) is 4.79 Å². The third kappa shape index (κ3) is 3.32. The van der Waals surface area contributed by atoms with Crippen molar-refractivity contribution in [1.29, 1.82) is 0 Å². The number of carbonyl (C=O) groups is 1. The zero-order chi connectivity index (χ0) is 12.5. The van der Waals surface area contributed by atoms with Crippen LogP contribution in [-0.4, -0.2) is 11.9 Å². The lowest BCUT2D eigenvalue weighted by molar-refractivity contribution is 0.0878. The highest BCUT2D eigenvalue weighted by Crippen LogP contribution is 2.38. The van der Waals surface area contributed by atoms with Crippen molar-refractivity contribution in [2.45, 2.75) is 46.1 Å². The summed E-state index contributed by atoms with van der Waals surface area (Å²) >= 11 is 1.51. The first-order chi connectivity index (χ1) is 7.96. The van der Waals surface area contributed by atoms with Crippen LogP contribution >= 0.6 is 11.3 Å². The van der Waals surface area contributed by atoms with Crippen LogP contribution in [0.1, 0.15) is 49.7 Å². The van der Waals surface area contributed by atoms with Gasteiger partial charge in [-0.2, -0.15) is 0 Å². The van der Waals surface area contributed by atoms with E-state index in [1.807, 2.05) is 17.5 Å². The first-order valence-electron chi connectivity index (χ1n) is 6.31. The molecule has 0 radical (unpaired) electrons. The summed E-state index contributed by atoms with van der Waals surface area (Å²) in [5, 5.41) is 5.13. The van der Waals surface area contributed by atoms with Crippen molar-refractivity contribution in [1.82, 2.24) is 5.32 Å². The second-order valence-electron chi connectivity index (χ2n) is 6.06. The van der Waals surface area contributed by atoms with E-state index in [1.165, 1.54) is 17.8 Å². The Hall–Kier alpha value is -0.830. The zero-order valence-electron chi connectivity index (χ0n) is 10.8. The standard InChI is InChI=1S/C14H21NOS/c1-10-7-11(9-14(2,3)8-10)15-13(16)12-5-4-6-17-12/h4-6,10-11H,7-9H2,1-3H3,(H,15,16)/t10-,11+/m0/s1. The fraction of sp³-hybridized carbons (Fsp3) is 0.643. The number of hydrogen-bond acceptors (Lipinski definition) is 2. The minimum absolute atomic E-state index is 0.0925. The van der Waals surface area contributed by atoms with Gasteiger partial charge in [-0.25, -0.2) is 0 Å². The Balaban J connectivity index is 1.97. The molecule has 1 aliphatic rings. The van der Waals surface area contributed by atoms with E-state index in [-0.39, 0.29) is 5.91 Å². The first kappa shape index (κ1) is 12.6. The Morgan fingerprint density at radius 1 is 1.47 bits per heavy atom. The summed E-state index contributed by atoms with van der Waals surface area (Å²) in [7, 11) is 0. The van der Waals surface area contributed by atoms with Crippen LogP contribution in [0.25, 0.3) is 0 Å². The van der Waals surface area contributed by atoms with Crippen LogP contribution in [0, 0.1) is 11.3 Å². The van der Waals surface area contributed by atoms with Crippen LogP contribution in [0.15, 0.2) is 17.5 Å². The molecule has 0 aromatic carbocycles. The Kier molecular flexibility index (Phi) is 3.57. The molecule has 3 heteroatoms. The maximum atomic E-state index is 12.0. The summed E-state index contributed by atoms with van der Waals surface area (Å²) in [6.45, 7) is 6.88. The van der Waals surface area contributed by atoms with Crippen LogP contribution in [0.3, 0.4) is 0 Å². The van der Waals surface area contributed by atoms with Crippen molar-refractivity contribution >= 4 is 17.2 Å². The number of hydrogen-bond donors (Lipinski definition) is 1. The van der Waals surface area contributed by atoms with E-state index in [4.69, 9.17) is 0 Å². The minimum Gasteiger partial charge on any atom is -0.349 e. The maximum absolute atomic E-state index is 12.0. The molecule has 0 spiro atoms. The molecule has 2 atom stereocenters. The van der Waals surface area contributed by atoms with Crippen LogP contribution < -0.4 is 5.32 Å². The molecule has 2 rings (SSSR count). The molecule has 1 fully saturated rings. The second-order valence-corrected chi connectivity index (χ2v) is 7.01. The van der Waals surface area contributed by atoms with Gasteiger partial charge >= 0.3 is 0 Å². The minimum atomic E-state index is 0.0925. The van der Waals surface area contributed by atoms with Crippen molar-refractivity contribution in [2.24, 2.45) is 11.3 Å². The molecule has 0 bridgehead atoms. The predicted molar refractivity (Wildman–Crippen MR) is 72.4 cm³/mol. The van der Waals surface area contributed by atoms with Crippen molar-refractivity contribution in [3.05, 3.63) is 22.4 Å². The van der Waals surface area contributed by atoms with Gasteiger partial charge in [0.05, 0.1) is 4.88 Å². The Morgan fingerprint density at radius 2 is 2.24 bits per heavy atom. The molecule has 2 nitrogen and oxygen atoms in total. The van der Waals surface area contributed by atoms with Crippen LogP contribution in [0.4, 0.5) is 0 Å². The quantitative estimate of drug-likeness (QED) is 0.853. The molecule has 1 N–H and O–H groups in total. The Morgan fingerprint density at radius 3 is 2.82 bits per heavy atom. The number of thiophene rings is 1. The molecule has 0 aliphatic heterocycles. The molecule has 1 heterocycles. The highest BCUT2D eigenvalue weighted by atomic mass is 32.1. The van der Waals surface area contributed by atoms with Crippen molar-refractivity contribution in [3.8, 4) is 0 Å². The fourth-order valence-corrected chi connectivity index (χ4v) is 3.75. The Bertz CT molecular complexity index is 383. The van der Waals surface area contributed by atoms with Gasteiger partial charge in [-0.15, -0.1) is 11.3 Å². The van der Waals surface area contributed by atoms with Gasteiger partial charge in [-0.05, 0) is 42.0 Å². The van der Waals surface area contributed by atoms with E-state index in [2.05, 4.69) is 26.1 Å². The highest BCUT2D eigenvalue weighted by molar-refractivity contribution is 7.12. The van der Waals surface area contributed by atoms with Gasteiger partial charge in [-0.1, -0.05) is 26.8 Å². The number of carbonyl (C=O) groups excluding carboxylic acids is 1. The molecule has 94 valence electrons.